The molecule has 0 saturated heterocycles. The Hall–Kier alpha value is -1.48. The molecule has 0 unspecified atom stereocenters. The topological polar surface area (TPSA) is 18.5 Å². The standard InChI is InChI=1S/C18H21BrO2/c1-12(2)17-7-5-16(9-13(17)3)21-11-14-10-15(20-4)6-8-18(14)19/h5-10,12H,11H2,1-4H3. The zero-order chi connectivity index (χ0) is 15.4. The summed E-state index contributed by atoms with van der Waals surface area (Å²) in [5.41, 5.74) is 3.71. The third kappa shape index (κ3) is 4.01. The number of hydrogen-bond acceptors (Lipinski definition) is 2. The lowest BCUT2D eigenvalue weighted by atomic mass is 9.98. The van der Waals surface area contributed by atoms with E-state index >= 15 is 0 Å². The molecule has 112 valence electrons. The lowest BCUT2D eigenvalue weighted by Gasteiger charge is -2.13. The zero-order valence-electron chi connectivity index (χ0n) is 12.9. The molecule has 0 saturated carbocycles. The molecule has 0 spiro atoms. The number of hydrogen-bond donors (Lipinski definition) is 0. The Labute approximate surface area is 135 Å². The van der Waals surface area contributed by atoms with Crippen molar-refractivity contribution in [3.8, 4) is 11.5 Å². The summed E-state index contributed by atoms with van der Waals surface area (Å²) in [6, 6.07) is 12.2. The fourth-order valence-corrected chi connectivity index (χ4v) is 2.70. The van der Waals surface area contributed by atoms with Gasteiger partial charge in [-0.3, -0.25) is 0 Å². The first-order valence-corrected chi connectivity index (χ1v) is 7.86. The molecule has 0 aliphatic rings. The van der Waals surface area contributed by atoms with E-state index in [9.17, 15) is 0 Å². The van der Waals surface area contributed by atoms with Crippen LogP contribution in [0.15, 0.2) is 40.9 Å². The second kappa shape index (κ2) is 6.99. The third-order valence-electron chi connectivity index (χ3n) is 3.51. The summed E-state index contributed by atoms with van der Waals surface area (Å²) in [5, 5.41) is 0. The highest BCUT2D eigenvalue weighted by molar-refractivity contribution is 9.10. The number of aryl methyl sites for hydroxylation is 1. The molecule has 21 heavy (non-hydrogen) atoms. The van der Waals surface area contributed by atoms with E-state index in [2.05, 4.69) is 48.8 Å². The fraction of sp³-hybridized carbons (Fsp3) is 0.333. The second-order valence-electron chi connectivity index (χ2n) is 5.42. The normalized spacial score (nSPS) is 10.8. The first-order chi connectivity index (χ1) is 10.0. The van der Waals surface area contributed by atoms with Gasteiger partial charge in [-0.05, 0) is 54.3 Å². The predicted molar refractivity (Wildman–Crippen MR) is 90.3 cm³/mol. The first-order valence-electron chi connectivity index (χ1n) is 7.07. The number of ether oxygens (including phenoxy) is 2. The van der Waals surface area contributed by atoms with Crippen molar-refractivity contribution in [2.24, 2.45) is 0 Å². The van der Waals surface area contributed by atoms with E-state index in [1.165, 1.54) is 11.1 Å². The molecule has 0 atom stereocenters. The lowest BCUT2D eigenvalue weighted by Crippen LogP contribution is -1.99. The highest BCUT2D eigenvalue weighted by Gasteiger charge is 2.07. The predicted octanol–water partition coefficient (Wildman–Crippen LogP) is 5.47. The van der Waals surface area contributed by atoms with Crippen molar-refractivity contribution in [2.75, 3.05) is 7.11 Å². The molecule has 0 aliphatic carbocycles. The van der Waals surface area contributed by atoms with Gasteiger partial charge >= 0.3 is 0 Å². The van der Waals surface area contributed by atoms with Gasteiger partial charge in [0.25, 0.3) is 0 Å². The molecule has 0 fully saturated rings. The van der Waals surface area contributed by atoms with Crippen molar-refractivity contribution in [1.82, 2.24) is 0 Å². The molecule has 3 heteroatoms. The van der Waals surface area contributed by atoms with E-state index in [-0.39, 0.29) is 0 Å². The summed E-state index contributed by atoms with van der Waals surface area (Å²) in [4.78, 5) is 0. The van der Waals surface area contributed by atoms with E-state index in [0.29, 0.717) is 12.5 Å². The van der Waals surface area contributed by atoms with Gasteiger partial charge in [-0.1, -0.05) is 35.8 Å². The summed E-state index contributed by atoms with van der Waals surface area (Å²) < 4.78 is 12.2. The van der Waals surface area contributed by atoms with Gasteiger partial charge in [-0.15, -0.1) is 0 Å². The van der Waals surface area contributed by atoms with Crippen LogP contribution < -0.4 is 9.47 Å². The van der Waals surface area contributed by atoms with Crippen molar-refractivity contribution < 1.29 is 9.47 Å². The molecule has 0 aliphatic heterocycles. The van der Waals surface area contributed by atoms with Crippen LogP contribution in [-0.2, 0) is 6.61 Å². The minimum absolute atomic E-state index is 0.512. The maximum absolute atomic E-state index is 5.90. The van der Waals surface area contributed by atoms with Gasteiger partial charge in [-0.25, -0.2) is 0 Å². The largest absolute Gasteiger partial charge is 0.497 e. The van der Waals surface area contributed by atoms with E-state index in [1.54, 1.807) is 7.11 Å². The molecule has 0 N–H and O–H groups in total. The Morgan fingerprint density at radius 2 is 1.76 bits per heavy atom. The van der Waals surface area contributed by atoms with Crippen LogP contribution in [0.5, 0.6) is 11.5 Å². The molecule has 2 aromatic carbocycles. The molecule has 0 radical (unpaired) electrons. The van der Waals surface area contributed by atoms with E-state index in [0.717, 1.165) is 21.5 Å². The van der Waals surface area contributed by atoms with Crippen molar-refractivity contribution in [1.29, 1.82) is 0 Å². The Balaban J connectivity index is 2.11. The van der Waals surface area contributed by atoms with Crippen LogP contribution in [0.4, 0.5) is 0 Å². The highest BCUT2D eigenvalue weighted by Crippen LogP contribution is 2.26. The maximum atomic E-state index is 5.90. The molecule has 2 rings (SSSR count). The minimum atomic E-state index is 0.512. The van der Waals surface area contributed by atoms with Crippen molar-refractivity contribution >= 4 is 15.9 Å². The van der Waals surface area contributed by atoms with Gasteiger partial charge in [0.15, 0.2) is 0 Å². The average Bonchev–Trinajstić information content (AvgIpc) is 2.46. The van der Waals surface area contributed by atoms with Gasteiger partial charge in [0.1, 0.15) is 18.1 Å². The third-order valence-corrected chi connectivity index (χ3v) is 4.28. The van der Waals surface area contributed by atoms with Crippen molar-refractivity contribution in [3.05, 3.63) is 57.6 Å². The van der Waals surface area contributed by atoms with Gasteiger partial charge in [0, 0.05) is 10.0 Å². The van der Waals surface area contributed by atoms with Crippen molar-refractivity contribution in [2.45, 2.75) is 33.3 Å². The van der Waals surface area contributed by atoms with Crippen LogP contribution in [0.1, 0.15) is 36.5 Å². The summed E-state index contributed by atoms with van der Waals surface area (Å²) >= 11 is 3.54. The van der Waals surface area contributed by atoms with Crippen LogP contribution in [0.25, 0.3) is 0 Å². The quantitative estimate of drug-likeness (QED) is 0.713. The first kappa shape index (κ1) is 15.9. The average molecular weight is 349 g/mol. The molecule has 0 aromatic heterocycles. The molecule has 0 heterocycles. The summed E-state index contributed by atoms with van der Waals surface area (Å²) in [6.07, 6.45) is 0. The Bertz CT molecular complexity index is 621. The van der Waals surface area contributed by atoms with Gasteiger partial charge in [0.2, 0.25) is 0 Å². The molecular formula is C18H21BrO2. The summed E-state index contributed by atoms with van der Waals surface area (Å²) in [5.74, 6) is 2.27. The Morgan fingerprint density at radius 3 is 2.38 bits per heavy atom. The summed E-state index contributed by atoms with van der Waals surface area (Å²) in [7, 11) is 1.67. The van der Waals surface area contributed by atoms with Crippen LogP contribution >= 0.6 is 15.9 Å². The molecule has 2 nitrogen and oxygen atoms in total. The number of halogens is 1. The number of benzene rings is 2. The van der Waals surface area contributed by atoms with Gasteiger partial charge < -0.3 is 9.47 Å². The van der Waals surface area contributed by atoms with Crippen LogP contribution in [0.2, 0.25) is 0 Å². The lowest BCUT2D eigenvalue weighted by molar-refractivity contribution is 0.304. The molecular weight excluding hydrogens is 328 g/mol. The maximum Gasteiger partial charge on any atom is 0.120 e. The number of methoxy groups -OCH3 is 1. The fourth-order valence-electron chi connectivity index (χ4n) is 2.34. The zero-order valence-corrected chi connectivity index (χ0v) is 14.5. The van der Waals surface area contributed by atoms with Gasteiger partial charge in [-0.2, -0.15) is 0 Å². The van der Waals surface area contributed by atoms with Crippen molar-refractivity contribution in [3.63, 3.8) is 0 Å². The SMILES string of the molecule is COc1ccc(Br)c(COc2ccc(C(C)C)c(C)c2)c1. The molecule has 0 bridgehead atoms. The smallest absolute Gasteiger partial charge is 0.120 e. The van der Waals surface area contributed by atoms with Gasteiger partial charge in [0.05, 0.1) is 7.11 Å². The monoisotopic (exact) mass is 348 g/mol. The van der Waals surface area contributed by atoms with Crippen LogP contribution in [0.3, 0.4) is 0 Å². The summed E-state index contributed by atoms with van der Waals surface area (Å²) in [6.45, 7) is 7.05. The van der Waals surface area contributed by atoms with E-state index < -0.39 is 0 Å². The van der Waals surface area contributed by atoms with Crippen LogP contribution in [0, 0.1) is 6.92 Å². The van der Waals surface area contributed by atoms with E-state index in [4.69, 9.17) is 9.47 Å². The Kier molecular flexibility index (Phi) is 5.29. The minimum Gasteiger partial charge on any atom is -0.497 e. The molecule has 0 amide bonds. The highest BCUT2D eigenvalue weighted by atomic mass is 79.9. The van der Waals surface area contributed by atoms with E-state index in [1.807, 2.05) is 24.3 Å². The second-order valence-corrected chi connectivity index (χ2v) is 6.27. The number of rotatable bonds is 5. The molecule has 2 aromatic rings. The van der Waals surface area contributed by atoms with Crippen LogP contribution in [-0.4, -0.2) is 7.11 Å². The Morgan fingerprint density at radius 1 is 1.05 bits per heavy atom.